The van der Waals surface area contributed by atoms with Gasteiger partial charge in [-0.05, 0) is 36.4 Å². The molecule has 9 heteroatoms. The largest absolute Gasteiger partial charge is 0.467 e. The number of hydrazone groups is 1. The number of hydrogen-bond donors (Lipinski definition) is 0. The fourth-order valence-corrected chi connectivity index (χ4v) is 3.53. The molecule has 32 heavy (non-hydrogen) atoms. The number of furan rings is 2. The van der Waals surface area contributed by atoms with Gasteiger partial charge in [0.15, 0.2) is 0 Å². The van der Waals surface area contributed by atoms with E-state index in [4.69, 9.17) is 13.6 Å². The first-order valence-corrected chi connectivity index (χ1v) is 10.1. The number of ether oxygens (including phenoxy) is 1. The number of amides is 2. The zero-order chi connectivity index (χ0) is 22.5. The molecule has 1 aliphatic heterocycles. The molecule has 3 heterocycles. The first kappa shape index (κ1) is 21.5. The Morgan fingerprint density at radius 1 is 1.16 bits per heavy atom. The molecule has 1 aromatic carbocycles. The highest BCUT2D eigenvalue weighted by Gasteiger charge is 2.37. The Morgan fingerprint density at radius 2 is 1.94 bits per heavy atom. The van der Waals surface area contributed by atoms with Gasteiger partial charge in [-0.25, -0.2) is 9.40 Å². The second kappa shape index (κ2) is 9.61. The summed E-state index contributed by atoms with van der Waals surface area (Å²) in [6, 6.07) is 12.2. The predicted molar refractivity (Wildman–Crippen MR) is 112 cm³/mol. The van der Waals surface area contributed by atoms with Crippen LogP contribution in [0.5, 0.6) is 0 Å². The lowest BCUT2D eigenvalue weighted by atomic mass is 10.1. The molecule has 8 nitrogen and oxygen atoms in total. The van der Waals surface area contributed by atoms with E-state index in [9.17, 15) is 14.0 Å². The summed E-state index contributed by atoms with van der Waals surface area (Å²) in [5, 5.41) is 5.75. The summed E-state index contributed by atoms with van der Waals surface area (Å²) < 4.78 is 30.2. The molecule has 0 fully saturated rings. The summed E-state index contributed by atoms with van der Waals surface area (Å²) in [6.45, 7) is 0.00207. The number of rotatable bonds is 8. The van der Waals surface area contributed by atoms with E-state index in [1.807, 2.05) is 0 Å². The normalized spacial score (nSPS) is 15.6. The van der Waals surface area contributed by atoms with Crippen molar-refractivity contribution in [3.05, 3.63) is 84.0 Å². The van der Waals surface area contributed by atoms with Gasteiger partial charge >= 0.3 is 0 Å². The Balaban J connectivity index is 1.59. The maximum Gasteiger partial charge on any atom is 0.262 e. The maximum atomic E-state index is 14.2. The molecule has 3 aromatic rings. The van der Waals surface area contributed by atoms with Crippen molar-refractivity contribution in [3.8, 4) is 0 Å². The van der Waals surface area contributed by atoms with Crippen LogP contribution in [-0.4, -0.2) is 54.2 Å². The molecule has 2 aromatic heterocycles. The van der Waals surface area contributed by atoms with Crippen molar-refractivity contribution in [1.29, 1.82) is 0 Å². The molecule has 0 N–H and O–H groups in total. The number of benzene rings is 1. The van der Waals surface area contributed by atoms with Gasteiger partial charge in [0.2, 0.25) is 0 Å². The van der Waals surface area contributed by atoms with Crippen molar-refractivity contribution in [2.24, 2.45) is 5.10 Å². The number of halogens is 1. The maximum absolute atomic E-state index is 14.2. The minimum atomic E-state index is -0.653. The highest BCUT2D eigenvalue weighted by atomic mass is 19.1. The molecule has 0 saturated heterocycles. The van der Waals surface area contributed by atoms with Crippen molar-refractivity contribution < 1.29 is 27.6 Å². The fraction of sp³-hybridized carbons (Fsp3) is 0.261. The number of methoxy groups -OCH3 is 1. The molecular formula is C23H22FN3O5. The van der Waals surface area contributed by atoms with Crippen molar-refractivity contribution in [2.45, 2.75) is 12.5 Å². The molecule has 2 amide bonds. The predicted octanol–water partition coefficient (Wildman–Crippen LogP) is 3.48. The van der Waals surface area contributed by atoms with Gasteiger partial charge in [0.25, 0.3) is 11.8 Å². The molecule has 0 unspecified atom stereocenters. The third-order valence-electron chi connectivity index (χ3n) is 5.13. The topological polar surface area (TPSA) is 88.5 Å². The van der Waals surface area contributed by atoms with E-state index in [-0.39, 0.29) is 25.3 Å². The first-order chi connectivity index (χ1) is 15.6. The summed E-state index contributed by atoms with van der Waals surface area (Å²) in [7, 11) is 1.49. The summed E-state index contributed by atoms with van der Waals surface area (Å²) in [6.07, 6.45) is 3.45. The monoisotopic (exact) mass is 439 g/mol. The van der Waals surface area contributed by atoms with Crippen LogP contribution in [0, 0.1) is 5.82 Å². The van der Waals surface area contributed by atoms with E-state index in [2.05, 4.69) is 5.10 Å². The second-order valence-corrected chi connectivity index (χ2v) is 7.20. The number of hydrogen-bond acceptors (Lipinski definition) is 6. The van der Waals surface area contributed by atoms with E-state index in [0.29, 0.717) is 23.7 Å². The van der Waals surface area contributed by atoms with Gasteiger partial charge in [0, 0.05) is 20.1 Å². The van der Waals surface area contributed by atoms with Gasteiger partial charge in [-0.1, -0.05) is 12.1 Å². The highest BCUT2D eigenvalue weighted by Crippen LogP contribution is 2.33. The zero-order valence-corrected chi connectivity index (χ0v) is 17.4. The van der Waals surface area contributed by atoms with E-state index in [1.165, 1.54) is 47.7 Å². The minimum absolute atomic E-state index is 0.111. The molecule has 0 aliphatic carbocycles. The molecule has 0 radical (unpaired) electrons. The summed E-state index contributed by atoms with van der Waals surface area (Å²) >= 11 is 0. The average Bonchev–Trinajstić information content (AvgIpc) is 3.56. The average molecular weight is 439 g/mol. The van der Waals surface area contributed by atoms with Gasteiger partial charge in [0.1, 0.15) is 35.6 Å². The molecular weight excluding hydrogens is 417 g/mol. The molecule has 0 spiro atoms. The van der Waals surface area contributed by atoms with Crippen molar-refractivity contribution in [3.63, 3.8) is 0 Å². The molecule has 166 valence electrons. The third kappa shape index (κ3) is 4.47. The van der Waals surface area contributed by atoms with E-state index >= 15 is 0 Å². The van der Waals surface area contributed by atoms with E-state index in [0.717, 1.165) is 0 Å². The lowest BCUT2D eigenvalue weighted by molar-refractivity contribution is -0.134. The summed E-state index contributed by atoms with van der Waals surface area (Å²) in [5.41, 5.74) is 0.480. The second-order valence-electron chi connectivity index (χ2n) is 7.20. The highest BCUT2D eigenvalue weighted by molar-refractivity contribution is 6.02. The van der Waals surface area contributed by atoms with Gasteiger partial charge < -0.3 is 18.5 Å². The van der Waals surface area contributed by atoms with Crippen LogP contribution >= 0.6 is 0 Å². The van der Waals surface area contributed by atoms with E-state index in [1.54, 1.807) is 30.3 Å². The standard InChI is InChI=1S/C23H22FN3O5/c1-30-13-10-26(23(29)16-6-2-3-7-17(16)24)15-22(28)27-19(21-9-5-12-32-21)14-18(25-27)20-8-4-11-31-20/h2-9,11-12,19H,10,13-15H2,1H3/t19-/m0/s1. The van der Waals surface area contributed by atoms with Gasteiger partial charge in [-0.15, -0.1) is 0 Å². The lowest BCUT2D eigenvalue weighted by Crippen LogP contribution is -2.43. The van der Waals surface area contributed by atoms with Crippen molar-refractivity contribution >= 4 is 17.5 Å². The zero-order valence-electron chi connectivity index (χ0n) is 17.4. The van der Waals surface area contributed by atoms with Crippen LogP contribution in [0.2, 0.25) is 0 Å². The molecule has 4 rings (SSSR count). The van der Waals surface area contributed by atoms with Crippen LogP contribution < -0.4 is 0 Å². The summed E-state index contributed by atoms with van der Waals surface area (Å²) in [5.74, 6) is -0.575. The number of carbonyl (C=O) groups is 2. The van der Waals surface area contributed by atoms with Crippen LogP contribution in [0.3, 0.4) is 0 Å². The van der Waals surface area contributed by atoms with Crippen LogP contribution in [0.25, 0.3) is 0 Å². The molecule has 1 atom stereocenters. The quantitative estimate of drug-likeness (QED) is 0.536. The molecule has 1 aliphatic rings. The van der Waals surface area contributed by atoms with Gasteiger partial charge in [-0.3, -0.25) is 9.59 Å². The van der Waals surface area contributed by atoms with Crippen LogP contribution in [0.4, 0.5) is 4.39 Å². The van der Waals surface area contributed by atoms with Crippen LogP contribution in [0.1, 0.15) is 34.3 Å². The Labute approximate surface area is 183 Å². The van der Waals surface area contributed by atoms with E-state index < -0.39 is 23.7 Å². The minimum Gasteiger partial charge on any atom is -0.467 e. The Hall–Kier alpha value is -3.72. The Kier molecular flexibility index (Phi) is 6.46. The lowest BCUT2D eigenvalue weighted by Gasteiger charge is -2.26. The van der Waals surface area contributed by atoms with Gasteiger partial charge in [-0.2, -0.15) is 5.10 Å². The number of nitrogens with zero attached hydrogens (tertiary/aromatic N) is 3. The smallest absolute Gasteiger partial charge is 0.262 e. The van der Waals surface area contributed by atoms with Crippen molar-refractivity contribution in [1.82, 2.24) is 9.91 Å². The Morgan fingerprint density at radius 3 is 2.62 bits per heavy atom. The Bertz CT molecular complexity index is 1090. The first-order valence-electron chi connectivity index (χ1n) is 10.1. The fourth-order valence-electron chi connectivity index (χ4n) is 3.53. The summed E-state index contributed by atoms with van der Waals surface area (Å²) in [4.78, 5) is 27.5. The SMILES string of the molecule is COCCN(CC(=O)N1N=C(c2ccco2)C[C@H]1c1ccco1)C(=O)c1ccccc1F. The molecule has 0 saturated carbocycles. The number of carbonyl (C=O) groups excluding carboxylic acids is 2. The van der Waals surface area contributed by atoms with Gasteiger partial charge in [0.05, 0.1) is 24.7 Å². The van der Waals surface area contributed by atoms with Crippen molar-refractivity contribution in [2.75, 3.05) is 26.8 Å². The van der Waals surface area contributed by atoms with Crippen LogP contribution in [0.15, 0.2) is 75.0 Å². The molecule has 0 bridgehead atoms. The van der Waals surface area contributed by atoms with Crippen LogP contribution in [-0.2, 0) is 9.53 Å². The third-order valence-corrected chi connectivity index (χ3v) is 5.13.